The first kappa shape index (κ1) is 19.9. The molecule has 4 heteroatoms. The maximum Gasteiger partial charge on any atom is 0.319 e. The van der Waals surface area contributed by atoms with Gasteiger partial charge in [-0.05, 0) is 73.1 Å². The van der Waals surface area contributed by atoms with Crippen molar-refractivity contribution in [2.75, 3.05) is 13.7 Å². The van der Waals surface area contributed by atoms with Gasteiger partial charge in [-0.2, -0.15) is 0 Å². The molecular formula is C23H32O4. The van der Waals surface area contributed by atoms with Gasteiger partial charge in [0.15, 0.2) is 0 Å². The molecule has 0 N–H and O–H groups in total. The molecule has 0 radical (unpaired) electrons. The summed E-state index contributed by atoms with van der Waals surface area (Å²) in [6, 6.07) is 4.44. The predicted molar refractivity (Wildman–Crippen MR) is 105 cm³/mol. The van der Waals surface area contributed by atoms with Gasteiger partial charge in [-0.15, -0.1) is 0 Å². The predicted octanol–water partition coefficient (Wildman–Crippen LogP) is 4.57. The Hall–Kier alpha value is -1.84. The number of ketones is 1. The Balaban J connectivity index is 2.13. The van der Waals surface area contributed by atoms with Crippen molar-refractivity contribution in [1.29, 1.82) is 0 Å². The molecule has 1 unspecified atom stereocenters. The monoisotopic (exact) mass is 372 g/mol. The smallest absolute Gasteiger partial charge is 0.319 e. The van der Waals surface area contributed by atoms with Gasteiger partial charge in [0.1, 0.15) is 16.9 Å². The molecule has 3 rings (SSSR count). The molecule has 27 heavy (non-hydrogen) atoms. The third-order valence-corrected chi connectivity index (χ3v) is 7.01. The van der Waals surface area contributed by atoms with E-state index in [1.807, 2.05) is 0 Å². The van der Waals surface area contributed by atoms with Gasteiger partial charge in [0.2, 0.25) is 0 Å². The van der Waals surface area contributed by atoms with E-state index in [2.05, 4.69) is 32.9 Å². The number of methoxy groups -OCH3 is 1. The number of carbonyl (C=O) groups is 2. The number of fused-ring (bicyclic) bond motifs is 3. The SMILES string of the molecule is CCOC(=O)[C@@]1(C)C(=O)CC[C@]2(C)c3cc(OC)c(C(C)C)cc3CCC12. The summed E-state index contributed by atoms with van der Waals surface area (Å²) in [6.45, 7) is 10.5. The largest absolute Gasteiger partial charge is 0.496 e. The van der Waals surface area contributed by atoms with Crippen LogP contribution in [0.3, 0.4) is 0 Å². The van der Waals surface area contributed by atoms with E-state index >= 15 is 0 Å². The van der Waals surface area contributed by atoms with Crippen LogP contribution in [0.15, 0.2) is 12.1 Å². The quantitative estimate of drug-likeness (QED) is 0.574. The van der Waals surface area contributed by atoms with Crippen molar-refractivity contribution in [2.24, 2.45) is 11.3 Å². The van der Waals surface area contributed by atoms with E-state index < -0.39 is 5.41 Å². The van der Waals surface area contributed by atoms with Crippen LogP contribution in [0.1, 0.15) is 76.5 Å². The van der Waals surface area contributed by atoms with Crippen LogP contribution in [-0.2, 0) is 26.2 Å². The van der Waals surface area contributed by atoms with Crippen LogP contribution in [0, 0.1) is 11.3 Å². The highest BCUT2D eigenvalue weighted by Crippen LogP contribution is 2.57. The molecule has 2 aliphatic rings. The zero-order chi connectivity index (χ0) is 20.0. The topological polar surface area (TPSA) is 52.6 Å². The molecule has 1 aromatic carbocycles. The molecule has 3 atom stereocenters. The van der Waals surface area contributed by atoms with Gasteiger partial charge >= 0.3 is 5.97 Å². The van der Waals surface area contributed by atoms with Crippen molar-refractivity contribution >= 4 is 11.8 Å². The molecular weight excluding hydrogens is 340 g/mol. The second-order valence-electron chi connectivity index (χ2n) is 8.76. The first-order valence-corrected chi connectivity index (χ1v) is 10.1. The lowest BCUT2D eigenvalue weighted by atomic mass is 9.49. The van der Waals surface area contributed by atoms with Crippen molar-refractivity contribution in [2.45, 2.75) is 71.6 Å². The van der Waals surface area contributed by atoms with Crippen LogP contribution < -0.4 is 4.74 Å². The van der Waals surface area contributed by atoms with E-state index in [0.29, 0.717) is 18.9 Å². The fraction of sp³-hybridized carbons (Fsp3) is 0.652. The second kappa shape index (κ2) is 6.96. The third kappa shape index (κ3) is 2.88. The summed E-state index contributed by atoms with van der Waals surface area (Å²) >= 11 is 0. The van der Waals surface area contributed by atoms with Crippen LogP contribution in [0.25, 0.3) is 0 Å². The molecule has 4 nitrogen and oxygen atoms in total. The second-order valence-corrected chi connectivity index (χ2v) is 8.76. The minimum Gasteiger partial charge on any atom is -0.496 e. The van der Waals surface area contributed by atoms with E-state index in [4.69, 9.17) is 9.47 Å². The molecule has 0 aromatic heterocycles. The lowest BCUT2D eigenvalue weighted by Gasteiger charge is -2.53. The number of rotatable bonds is 4. The van der Waals surface area contributed by atoms with Crippen LogP contribution in [0.4, 0.5) is 0 Å². The van der Waals surface area contributed by atoms with Gasteiger partial charge in [0.05, 0.1) is 13.7 Å². The minimum absolute atomic E-state index is 0.0256. The Kier molecular flexibility index (Phi) is 5.13. The number of hydrogen-bond donors (Lipinski definition) is 0. The minimum atomic E-state index is -1.06. The molecule has 0 saturated heterocycles. The van der Waals surface area contributed by atoms with Crippen LogP contribution in [0.5, 0.6) is 5.75 Å². The molecule has 0 spiro atoms. The zero-order valence-corrected chi connectivity index (χ0v) is 17.5. The third-order valence-electron chi connectivity index (χ3n) is 7.01. The molecule has 1 saturated carbocycles. The molecule has 2 aliphatic carbocycles. The number of ether oxygens (including phenoxy) is 2. The standard InChI is InChI=1S/C23H32O4/c1-7-27-21(25)23(5)19-9-8-15-12-16(14(2)3)18(26-6)13-17(15)22(19,4)11-10-20(23)24/h12-14,19H,7-11H2,1-6H3/t19?,22-,23-/m1/s1. The van der Waals surface area contributed by atoms with Crippen LogP contribution >= 0.6 is 0 Å². The number of aryl methyl sites for hydroxylation is 1. The molecule has 1 fully saturated rings. The van der Waals surface area contributed by atoms with Gasteiger partial charge in [-0.25, -0.2) is 0 Å². The normalized spacial score (nSPS) is 29.9. The van der Waals surface area contributed by atoms with Crippen LogP contribution in [-0.4, -0.2) is 25.5 Å². The van der Waals surface area contributed by atoms with Gasteiger partial charge in [0.25, 0.3) is 0 Å². The summed E-state index contributed by atoms with van der Waals surface area (Å²) in [5.41, 5.74) is 2.50. The molecule has 0 aliphatic heterocycles. The van der Waals surface area contributed by atoms with Gasteiger partial charge in [-0.3, -0.25) is 9.59 Å². The maximum absolute atomic E-state index is 12.9. The molecule has 148 valence electrons. The molecule has 0 amide bonds. The first-order chi connectivity index (χ1) is 12.7. The summed E-state index contributed by atoms with van der Waals surface area (Å²) in [5, 5.41) is 0. The summed E-state index contributed by atoms with van der Waals surface area (Å²) < 4.78 is 11.0. The molecule has 0 bridgehead atoms. The Morgan fingerprint density at radius 3 is 2.56 bits per heavy atom. The van der Waals surface area contributed by atoms with E-state index in [1.165, 1.54) is 16.7 Å². The van der Waals surface area contributed by atoms with E-state index in [1.54, 1.807) is 21.0 Å². The molecule has 1 aromatic rings. The number of Topliss-reactive ketones (excluding diaryl/α,β-unsaturated/α-hetero) is 1. The van der Waals surface area contributed by atoms with E-state index in [-0.39, 0.29) is 23.1 Å². The number of benzene rings is 1. The Morgan fingerprint density at radius 2 is 1.96 bits per heavy atom. The average Bonchev–Trinajstić information content (AvgIpc) is 2.64. The van der Waals surface area contributed by atoms with Gasteiger partial charge < -0.3 is 9.47 Å². The Bertz CT molecular complexity index is 766. The Morgan fingerprint density at radius 1 is 1.26 bits per heavy atom. The van der Waals surface area contributed by atoms with Crippen LogP contribution in [0.2, 0.25) is 0 Å². The van der Waals surface area contributed by atoms with Crippen molar-refractivity contribution < 1.29 is 19.1 Å². The first-order valence-electron chi connectivity index (χ1n) is 10.1. The lowest BCUT2D eigenvalue weighted by Crippen LogP contribution is -2.57. The fourth-order valence-electron chi connectivity index (χ4n) is 5.42. The highest BCUT2D eigenvalue weighted by atomic mass is 16.5. The maximum atomic E-state index is 12.9. The number of hydrogen-bond acceptors (Lipinski definition) is 4. The van der Waals surface area contributed by atoms with E-state index in [9.17, 15) is 9.59 Å². The average molecular weight is 373 g/mol. The van der Waals surface area contributed by atoms with Crippen molar-refractivity contribution in [3.8, 4) is 5.75 Å². The highest BCUT2D eigenvalue weighted by Gasteiger charge is 2.60. The lowest BCUT2D eigenvalue weighted by molar-refractivity contribution is -0.169. The Labute approximate surface area is 162 Å². The zero-order valence-electron chi connectivity index (χ0n) is 17.5. The number of esters is 1. The van der Waals surface area contributed by atoms with Crippen molar-refractivity contribution in [3.05, 3.63) is 28.8 Å². The van der Waals surface area contributed by atoms with Gasteiger partial charge in [0, 0.05) is 6.42 Å². The summed E-state index contributed by atoms with van der Waals surface area (Å²) in [6.07, 6.45) is 2.88. The highest BCUT2D eigenvalue weighted by molar-refractivity contribution is 6.04. The summed E-state index contributed by atoms with van der Waals surface area (Å²) in [7, 11) is 1.71. The van der Waals surface area contributed by atoms with Gasteiger partial charge in [-0.1, -0.05) is 26.8 Å². The number of carbonyl (C=O) groups excluding carboxylic acids is 2. The van der Waals surface area contributed by atoms with E-state index in [0.717, 1.165) is 25.0 Å². The summed E-state index contributed by atoms with van der Waals surface area (Å²) in [4.78, 5) is 25.7. The van der Waals surface area contributed by atoms with Crippen molar-refractivity contribution in [3.63, 3.8) is 0 Å². The summed E-state index contributed by atoms with van der Waals surface area (Å²) in [5.74, 6) is 0.902. The molecule has 0 heterocycles. The van der Waals surface area contributed by atoms with Crippen molar-refractivity contribution in [1.82, 2.24) is 0 Å². The fourth-order valence-corrected chi connectivity index (χ4v) is 5.42.